The summed E-state index contributed by atoms with van der Waals surface area (Å²) >= 11 is 5.56. The van der Waals surface area contributed by atoms with E-state index in [4.69, 9.17) is 21.1 Å². The Labute approximate surface area is 192 Å². The summed E-state index contributed by atoms with van der Waals surface area (Å²) in [5.41, 5.74) is 1.91. The van der Waals surface area contributed by atoms with Gasteiger partial charge in [-0.05, 0) is 30.2 Å². The van der Waals surface area contributed by atoms with Gasteiger partial charge in [-0.2, -0.15) is 0 Å². The Morgan fingerprint density at radius 3 is 2.69 bits per heavy atom. The fraction of sp³-hybridized carbons (Fsp3) is 0.476. The van der Waals surface area contributed by atoms with Crippen LogP contribution in [0.4, 0.5) is 16.3 Å². The maximum atomic E-state index is 11.9. The molecule has 1 fully saturated rings. The summed E-state index contributed by atoms with van der Waals surface area (Å²) in [6, 6.07) is 6.97. The SMILES string of the molecule is CS(=O)(=O)c1ccc2c(c1)CCN2c1cc(OC2CCN(C(=O)OCCCl)CC2)ncn1. The number of benzene rings is 1. The van der Waals surface area contributed by atoms with Gasteiger partial charge in [0.05, 0.1) is 10.8 Å². The van der Waals surface area contributed by atoms with Gasteiger partial charge in [0.25, 0.3) is 0 Å². The number of likely N-dealkylation sites (tertiary alicyclic amines) is 1. The van der Waals surface area contributed by atoms with Gasteiger partial charge in [0.1, 0.15) is 24.9 Å². The highest BCUT2D eigenvalue weighted by molar-refractivity contribution is 7.90. The monoisotopic (exact) mass is 480 g/mol. The number of nitrogens with zero attached hydrogens (tertiary/aromatic N) is 4. The fourth-order valence-electron chi connectivity index (χ4n) is 3.93. The molecular formula is C21H25ClN4O5S. The standard InChI is InChI=1S/C21H25ClN4O5S/c1-32(28,29)17-2-3-18-15(12-17)4-10-26(18)19-13-20(24-14-23-19)31-16-5-8-25(9-6-16)21(27)30-11-7-22/h2-3,12-14,16H,4-11H2,1H3. The summed E-state index contributed by atoms with van der Waals surface area (Å²) < 4.78 is 34.8. The minimum atomic E-state index is -3.25. The number of hydrogen-bond donors (Lipinski definition) is 0. The van der Waals surface area contributed by atoms with Gasteiger partial charge in [-0.3, -0.25) is 0 Å². The molecule has 2 aliphatic heterocycles. The number of sulfone groups is 1. The van der Waals surface area contributed by atoms with Crippen molar-refractivity contribution in [3.05, 3.63) is 36.2 Å². The number of alkyl halides is 1. The van der Waals surface area contributed by atoms with Crippen molar-refractivity contribution in [3.8, 4) is 5.88 Å². The molecule has 32 heavy (non-hydrogen) atoms. The van der Waals surface area contributed by atoms with Crippen LogP contribution in [-0.4, -0.2) is 73.9 Å². The Bertz CT molecular complexity index is 1090. The zero-order chi connectivity index (χ0) is 22.7. The van der Waals surface area contributed by atoms with Gasteiger partial charge in [0, 0.05) is 50.5 Å². The molecule has 4 rings (SSSR count). The molecule has 0 aliphatic carbocycles. The van der Waals surface area contributed by atoms with E-state index in [0.29, 0.717) is 49.1 Å². The molecule has 1 saturated heterocycles. The molecule has 0 saturated carbocycles. The van der Waals surface area contributed by atoms with E-state index in [2.05, 4.69) is 9.97 Å². The number of carbonyl (C=O) groups is 1. The lowest BCUT2D eigenvalue weighted by molar-refractivity contribution is 0.0691. The molecule has 11 heteroatoms. The molecule has 0 N–H and O–H groups in total. The molecule has 1 amide bonds. The number of rotatable bonds is 6. The molecule has 3 heterocycles. The first kappa shape index (κ1) is 22.6. The highest BCUT2D eigenvalue weighted by Crippen LogP contribution is 2.35. The first-order chi connectivity index (χ1) is 15.3. The summed E-state index contributed by atoms with van der Waals surface area (Å²) in [5, 5.41) is 0. The van der Waals surface area contributed by atoms with Crippen molar-refractivity contribution >= 4 is 39.0 Å². The molecule has 0 spiro atoms. The maximum absolute atomic E-state index is 11.9. The third-order valence-electron chi connectivity index (χ3n) is 5.57. The van der Waals surface area contributed by atoms with Crippen molar-refractivity contribution in [2.75, 3.05) is 43.3 Å². The third kappa shape index (κ3) is 5.07. The Kier molecular flexibility index (Phi) is 6.71. The molecule has 0 radical (unpaired) electrons. The number of aromatic nitrogens is 2. The van der Waals surface area contributed by atoms with E-state index >= 15 is 0 Å². The van der Waals surface area contributed by atoms with E-state index in [0.717, 1.165) is 17.7 Å². The van der Waals surface area contributed by atoms with Gasteiger partial charge in [0.2, 0.25) is 5.88 Å². The second kappa shape index (κ2) is 9.50. The second-order valence-electron chi connectivity index (χ2n) is 7.79. The molecule has 9 nitrogen and oxygen atoms in total. The van der Waals surface area contributed by atoms with E-state index in [-0.39, 0.29) is 24.7 Å². The first-order valence-electron chi connectivity index (χ1n) is 10.4. The summed E-state index contributed by atoms with van der Waals surface area (Å²) in [4.78, 5) is 24.6. The van der Waals surface area contributed by atoms with Crippen molar-refractivity contribution in [1.82, 2.24) is 14.9 Å². The van der Waals surface area contributed by atoms with Crippen LogP contribution in [0.25, 0.3) is 0 Å². The first-order valence-corrected chi connectivity index (χ1v) is 12.8. The van der Waals surface area contributed by atoms with Crippen LogP contribution in [0.5, 0.6) is 5.88 Å². The van der Waals surface area contributed by atoms with Gasteiger partial charge < -0.3 is 19.3 Å². The quantitative estimate of drug-likeness (QED) is 0.581. The average molecular weight is 481 g/mol. The molecule has 172 valence electrons. The molecule has 1 aromatic carbocycles. The summed E-state index contributed by atoms with van der Waals surface area (Å²) in [5.74, 6) is 1.45. The van der Waals surface area contributed by atoms with Crippen LogP contribution >= 0.6 is 11.6 Å². The molecular weight excluding hydrogens is 456 g/mol. The summed E-state index contributed by atoms with van der Waals surface area (Å²) in [6.07, 6.45) is 4.36. The Hall–Kier alpha value is -2.59. The van der Waals surface area contributed by atoms with Crippen LogP contribution in [0.2, 0.25) is 0 Å². The highest BCUT2D eigenvalue weighted by Gasteiger charge is 2.27. The number of carbonyl (C=O) groups excluding carboxylic acids is 1. The van der Waals surface area contributed by atoms with Crippen LogP contribution < -0.4 is 9.64 Å². The molecule has 0 atom stereocenters. The van der Waals surface area contributed by atoms with Gasteiger partial charge in [-0.15, -0.1) is 11.6 Å². The molecule has 0 unspecified atom stereocenters. The van der Waals surface area contributed by atoms with Crippen LogP contribution in [0.1, 0.15) is 18.4 Å². The summed E-state index contributed by atoms with van der Waals surface area (Å²) in [6.45, 7) is 2.00. The van der Waals surface area contributed by atoms with Crippen molar-refractivity contribution in [2.45, 2.75) is 30.3 Å². The number of fused-ring (bicyclic) bond motifs is 1. The normalized spacial score (nSPS) is 16.7. The smallest absolute Gasteiger partial charge is 0.409 e. The van der Waals surface area contributed by atoms with Crippen LogP contribution in [0.3, 0.4) is 0 Å². The molecule has 0 bridgehead atoms. The van der Waals surface area contributed by atoms with Crippen LogP contribution in [-0.2, 0) is 21.0 Å². The van der Waals surface area contributed by atoms with Crippen LogP contribution in [0, 0.1) is 0 Å². The zero-order valence-corrected chi connectivity index (χ0v) is 19.3. The van der Waals surface area contributed by atoms with Crippen molar-refractivity contribution in [2.24, 2.45) is 0 Å². The number of amides is 1. The maximum Gasteiger partial charge on any atom is 0.409 e. The Morgan fingerprint density at radius 2 is 1.97 bits per heavy atom. The van der Waals surface area contributed by atoms with Gasteiger partial charge in [-0.1, -0.05) is 0 Å². The van der Waals surface area contributed by atoms with Gasteiger partial charge in [-0.25, -0.2) is 23.2 Å². The molecule has 2 aromatic rings. The predicted molar refractivity (Wildman–Crippen MR) is 120 cm³/mol. The van der Waals surface area contributed by atoms with E-state index in [9.17, 15) is 13.2 Å². The van der Waals surface area contributed by atoms with Crippen molar-refractivity contribution < 1.29 is 22.7 Å². The lowest BCUT2D eigenvalue weighted by Gasteiger charge is -2.31. The Morgan fingerprint density at radius 1 is 1.19 bits per heavy atom. The van der Waals surface area contributed by atoms with Crippen molar-refractivity contribution in [1.29, 1.82) is 0 Å². The number of anilines is 2. The average Bonchev–Trinajstić information content (AvgIpc) is 3.21. The predicted octanol–water partition coefficient (Wildman–Crippen LogP) is 2.79. The van der Waals surface area contributed by atoms with E-state index < -0.39 is 9.84 Å². The van der Waals surface area contributed by atoms with Crippen molar-refractivity contribution in [3.63, 3.8) is 0 Å². The number of halogens is 1. The fourth-order valence-corrected chi connectivity index (χ4v) is 4.68. The molecule has 1 aromatic heterocycles. The summed E-state index contributed by atoms with van der Waals surface area (Å²) in [7, 11) is -3.25. The minimum absolute atomic E-state index is 0.0574. The Balaban J connectivity index is 1.40. The van der Waals surface area contributed by atoms with Gasteiger partial charge >= 0.3 is 6.09 Å². The van der Waals surface area contributed by atoms with E-state index in [1.54, 1.807) is 23.1 Å². The number of piperidine rings is 1. The van der Waals surface area contributed by atoms with E-state index in [1.165, 1.54) is 12.6 Å². The van der Waals surface area contributed by atoms with Gasteiger partial charge in [0.15, 0.2) is 9.84 Å². The number of hydrogen-bond acceptors (Lipinski definition) is 8. The zero-order valence-electron chi connectivity index (χ0n) is 17.7. The second-order valence-corrected chi connectivity index (χ2v) is 10.2. The largest absolute Gasteiger partial charge is 0.474 e. The highest BCUT2D eigenvalue weighted by atomic mass is 35.5. The lowest BCUT2D eigenvalue weighted by atomic mass is 10.1. The third-order valence-corrected chi connectivity index (χ3v) is 6.83. The van der Waals surface area contributed by atoms with Crippen LogP contribution in [0.15, 0.2) is 35.5 Å². The van der Waals surface area contributed by atoms with E-state index in [1.807, 2.05) is 11.0 Å². The lowest BCUT2D eigenvalue weighted by Crippen LogP contribution is -2.42. The minimum Gasteiger partial charge on any atom is -0.474 e. The molecule has 2 aliphatic rings. The topological polar surface area (TPSA) is 102 Å². The number of ether oxygens (including phenoxy) is 2.